The van der Waals surface area contributed by atoms with Gasteiger partial charge >= 0.3 is 6.18 Å². The summed E-state index contributed by atoms with van der Waals surface area (Å²) in [6.45, 7) is 0. The number of rotatable bonds is 4. The first-order valence-corrected chi connectivity index (χ1v) is 10.4. The number of carbonyl (C=O) groups is 1. The average molecular weight is 476 g/mol. The number of anilines is 2. The third kappa shape index (κ3) is 4.09. The van der Waals surface area contributed by atoms with E-state index < -0.39 is 24.2 Å². The molecule has 0 unspecified atom stereocenters. The number of amides is 1. The lowest BCUT2D eigenvalue weighted by Gasteiger charge is -2.32. The van der Waals surface area contributed by atoms with E-state index in [9.17, 15) is 18.0 Å². The van der Waals surface area contributed by atoms with Crippen molar-refractivity contribution in [3.05, 3.63) is 83.7 Å². The van der Waals surface area contributed by atoms with Crippen LogP contribution in [-0.4, -0.2) is 26.4 Å². The predicted molar refractivity (Wildman–Crippen MR) is 116 cm³/mol. The zero-order chi connectivity index (χ0) is 23.2. The Morgan fingerprint density at radius 3 is 2.64 bits per heavy atom. The topological polar surface area (TPSA) is 77.0 Å². The summed E-state index contributed by atoms with van der Waals surface area (Å²) in [4.78, 5) is 12.8. The lowest BCUT2D eigenvalue weighted by Crippen LogP contribution is -2.35. The highest BCUT2D eigenvalue weighted by Crippen LogP contribution is 2.43. The van der Waals surface area contributed by atoms with Crippen molar-refractivity contribution in [2.75, 3.05) is 10.6 Å². The second kappa shape index (κ2) is 8.04. The Morgan fingerprint density at radius 1 is 1.18 bits per heavy atom. The molecule has 1 aliphatic rings. The molecule has 4 aromatic rings. The summed E-state index contributed by atoms with van der Waals surface area (Å²) in [7, 11) is 0. The van der Waals surface area contributed by atoms with Gasteiger partial charge in [0.15, 0.2) is 11.7 Å². The summed E-state index contributed by atoms with van der Waals surface area (Å²) >= 11 is 6.33. The Kier molecular flexibility index (Phi) is 5.16. The molecule has 33 heavy (non-hydrogen) atoms. The van der Waals surface area contributed by atoms with Gasteiger partial charge in [-0.15, -0.1) is 0 Å². The van der Waals surface area contributed by atoms with Gasteiger partial charge in [-0.05, 0) is 42.5 Å². The summed E-state index contributed by atoms with van der Waals surface area (Å²) in [6, 6.07) is 10.5. The number of alkyl halides is 3. The van der Waals surface area contributed by atoms with Crippen LogP contribution in [0.15, 0.2) is 71.6 Å². The van der Waals surface area contributed by atoms with Gasteiger partial charge in [0.1, 0.15) is 11.6 Å². The molecule has 0 saturated carbocycles. The molecule has 0 spiro atoms. The number of fused-ring (bicyclic) bond motifs is 1. The molecule has 1 amide bonds. The van der Waals surface area contributed by atoms with Crippen LogP contribution in [0.2, 0.25) is 5.02 Å². The van der Waals surface area contributed by atoms with Crippen molar-refractivity contribution in [1.29, 1.82) is 0 Å². The largest absolute Gasteiger partial charge is 0.467 e. The first-order chi connectivity index (χ1) is 15.8. The summed E-state index contributed by atoms with van der Waals surface area (Å²) in [6.07, 6.45) is 0.188. The minimum absolute atomic E-state index is 0.0797. The van der Waals surface area contributed by atoms with Gasteiger partial charge in [0, 0.05) is 30.6 Å². The number of halogens is 4. The van der Waals surface area contributed by atoms with Crippen LogP contribution >= 0.6 is 11.6 Å². The number of benzene rings is 1. The van der Waals surface area contributed by atoms with E-state index in [1.165, 1.54) is 12.3 Å². The Morgan fingerprint density at radius 2 is 1.97 bits per heavy atom. The monoisotopic (exact) mass is 475 g/mol. The minimum atomic E-state index is -4.55. The maximum absolute atomic E-state index is 13.8. The Labute approximate surface area is 190 Å². The number of carbonyl (C=O) groups excluding carboxylic acids is 1. The van der Waals surface area contributed by atoms with E-state index >= 15 is 0 Å². The molecule has 7 nitrogen and oxygen atoms in total. The van der Waals surface area contributed by atoms with Gasteiger partial charge in [0.25, 0.3) is 5.91 Å². The Balaban J connectivity index is 1.40. The molecular formula is C22H17ClF3N5O2. The molecule has 1 aliphatic heterocycles. The van der Waals surface area contributed by atoms with E-state index in [4.69, 9.17) is 16.0 Å². The molecule has 4 heterocycles. The molecule has 5 rings (SSSR count). The molecule has 0 radical (unpaired) electrons. The van der Waals surface area contributed by atoms with Crippen molar-refractivity contribution < 1.29 is 22.4 Å². The SMILES string of the molecule is O=C(Nc1ccc(-n2cccc2)c(Cl)c1)c1cc2n(n1)[C@H](C(F)(F)F)C[C@@H](c1ccco1)N2. The third-order valence-corrected chi connectivity index (χ3v) is 5.70. The molecule has 0 saturated heterocycles. The van der Waals surface area contributed by atoms with Gasteiger partial charge in [0.2, 0.25) is 0 Å². The maximum atomic E-state index is 13.8. The maximum Gasteiger partial charge on any atom is 0.410 e. The molecule has 2 atom stereocenters. The first-order valence-electron chi connectivity index (χ1n) is 10.00. The van der Waals surface area contributed by atoms with Crippen LogP contribution in [0.5, 0.6) is 0 Å². The fourth-order valence-corrected chi connectivity index (χ4v) is 4.12. The van der Waals surface area contributed by atoms with Crippen molar-refractivity contribution in [2.24, 2.45) is 0 Å². The molecular weight excluding hydrogens is 459 g/mol. The zero-order valence-electron chi connectivity index (χ0n) is 16.9. The molecule has 3 aromatic heterocycles. The zero-order valence-corrected chi connectivity index (χ0v) is 17.6. The number of hydrogen-bond donors (Lipinski definition) is 2. The Bertz CT molecular complexity index is 1280. The summed E-state index contributed by atoms with van der Waals surface area (Å²) in [5, 5.41) is 9.95. The quantitative estimate of drug-likeness (QED) is 0.389. The van der Waals surface area contributed by atoms with E-state index in [2.05, 4.69) is 15.7 Å². The van der Waals surface area contributed by atoms with Gasteiger partial charge in [-0.1, -0.05) is 11.6 Å². The highest BCUT2D eigenvalue weighted by Gasteiger charge is 2.47. The molecule has 0 bridgehead atoms. The van der Waals surface area contributed by atoms with Gasteiger partial charge in [0.05, 0.1) is 23.0 Å². The van der Waals surface area contributed by atoms with E-state index in [1.54, 1.807) is 30.3 Å². The van der Waals surface area contributed by atoms with Crippen LogP contribution in [0, 0.1) is 0 Å². The van der Waals surface area contributed by atoms with Crippen LogP contribution in [0.25, 0.3) is 5.69 Å². The van der Waals surface area contributed by atoms with Crippen molar-refractivity contribution >= 4 is 29.0 Å². The third-order valence-electron chi connectivity index (χ3n) is 5.40. The van der Waals surface area contributed by atoms with E-state index in [1.807, 2.05) is 29.1 Å². The summed E-state index contributed by atoms with van der Waals surface area (Å²) in [5.74, 6) is -0.199. The van der Waals surface area contributed by atoms with Gasteiger partial charge in [-0.2, -0.15) is 18.3 Å². The smallest absolute Gasteiger partial charge is 0.410 e. The van der Waals surface area contributed by atoms with E-state index in [0.29, 0.717) is 16.5 Å². The number of nitrogens with one attached hydrogen (secondary N) is 2. The number of hydrogen-bond acceptors (Lipinski definition) is 4. The summed E-state index contributed by atoms with van der Waals surface area (Å²) < 4.78 is 49.2. The molecule has 0 aliphatic carbocycles. The van der Waals surface area contributed by atoms with Crippen LogP contribution in [0.1, 0.15) is 34.8 Å². The van der Waals surface area contributed by atoms with Crippen LogP contribution in [0.4, 0.5) is 24.7 Å². The van der Waals surface area contributed by atoms with Crippen molar-refractivity contribution in [1.82, 2.24) is 14.3 Å². The number of aromatic nitrogens is 3. The van der Waals surface area contributed by atoms with E-state index in [-0.39, 0.29) is 17.9 Å². The van der Waals surface area contributed by atoms with Gasteiger partial charge < -0.3 is 19.6 Å². The molecule has 1 aromatic carbocycles. The van der Waals surface area contributed by atoms with Crippen molar-refractivity contribution in [3.8, 4) is 5.69 Å². The van der Waals surface area contributed by atoms with Crippen LogP contribution in [0.3, 0.4) is 0 Å². The number of nitrogens with zero attached hydrogens (tertiary/aromatic N) is 3. The fraction of sp³-hybridized carbons (Fsp3) is 0.182. The first kappa shape index (κ1) is 21.2. The second-order valence-electron chi connectivity index (χ2n) is 7.58. The van der Waals surface area contributed by atoms with Crippen molar-refractivity contribution in [3.63, 3.8) is 0 Å². The predicted octanol–water partition coefficient (Wildman–Crippen LogP) is 5.83. The highest BCUT2D eigenvalue weighted by molar-refractivity contribution is 6.32. The van der Waals surface area contributed by atoms with Crippen LogP contribution < -0.4 is 10.6 Å². The molecule has 2 N–H and O–H groups in total. The van der Waals surface area contributed by atoms with Crippen LogP contribution in [-0.2, 0) is 0 Å². The standard InChI is InChI=1S/C22H17ClF3N5O2/c23-14-10-13(5-6-17(14)30-7-1-2-8-30)27-21(32)16-12-20-28-15(18-4-3-9-33-18)11-19(22(24,25)26)31(20)29-16/h1-10,12,15,19,28H,11H2,(H,27,32)/t15-,19-/m0/s1. The molecule has 0 fully saturated rings. The molecule has 170 valence electrons. The molecule has 11 heteroatoms. The normalized spacial score (nSPS) is 17.9. The van der Waals surface area contributed by atoms with E-state index in [0.717, 1.165) is 10.4 Å². The fourth-order valence-electron chi connectivity index (χ4n) is 3.84. The lowest BCUT2D eigenvalue weighted by atomic mass is 10.0. The van der Waals surface area contributed by atoms with Gasteiger partial charge in [-0.3, -0.25) is 4.79 Å². The Hall–Kier alpha value is -3.66. The lowest BCUT2D eigenvalue weighted by molar-refractivity contribution is -0.174. The number of furan rings is 1. The minimum Gasteiger partial charge on any atom is -0.467 e. The second-order valence-corrected chi connectivity index (χ2v) is 7.98. The summed E-state index contributed by atoms with van der Waals surface area (Å²) in [5.41, 5.74) is 0.955. The average Bonchev–Trinajstić information content (AvgIpc) is 3.53. The highest BCUT2D eigenvalue weighted by atomic mass is 35.5. The van der Waals surface area contributed by atoms with Gasteiger partial charge in [-0.25, -0.2) is 4.68 Å². The van der Waals surface area contributed by atoms with Crippen molar-refractivity contribution in [2.45, 2.75) is 24.7 Å².